The van der Waals surface area contributed by atoms with E-state index in [4.69, 9.17) is 11.6 Å². The predicted octanol–water partition coefficient (Wildman–Crippen LogP) is 4.59. The van der Waals surface area contributed by atoms with Gasteiger partial charge in [-0.05, 0) is 35.6 Å². The highest BCUT2D eigenvalue weighted by Crippen LogP contribution is 2.23. The van der Waals surface area contributed by atoms with Gasteiger partial charge >= 0.3 is 0 Å². The Kier molecular flexibility index (Phi) is 4.80. The van der Waals surface area contributed by atoms with Crippen molar-refractivity contribution in [1.29, 1.82) is 0 Å². The molecule has 0 fully saturated rings. The van der Waals surface area contributed by atoms with Gasteiger partial charge in [0.25, 0.3) is 5.91 Å². The molecule has 1 aromatic carbocycles. The van der Waals surface area contributed by atoms with Crippen molar-refractivity contribution < 1.29 is 4.79 Å². The number of anilines is 1. The van der Waals surface area contributed by atoms with Crippen molar-refractivity contribution in [2.24, 2.45) is 0 Å². The molecule has 0 aliphatic heterocycles. The number of alkyl halides is 1. The summed E-state index contributed by atoms with van der Waals surface area (Å²) in [6.07, 6.45) is 0.977. The first-order chi connectivity index (χ1) is 8.70. The van der Waals surface area contributed by atoms with Crippen LogP contribution in [0.1, 0.15) is 15.2 Å². The van der Waals surface area contributed by atoms with E-state index in [0.29, 0.717) is 9.90 Å². The molecule has 18 heavy (non-hydrogen) atoms. The van der Waals surface area contributed by atoms with Crippen molar-refractivity contribution in [3.63, 3.8) is 0 Å². The first-order valence-electron chi connectivity index (χ1n) is 5.40. The maximum Gasteiger partial charge on any atom is 0.267 e. The lowest BCUT2D eigenvalue weighted by Gasteiger charge is -2.05. The number of nitrogens with one attached hydrogen (secondary N) is 1. The fraction of sp³-hybridized carbons (Fsp3) is 0.154. The van der Waals surface area contributed by atoms with Crippen LogP contribution in [0.25, 0.3) is 0 Å². The lowest BCUT2D eigenvalue weighted by molar-refractivity contribution is 0.103. The van der Waals surface area contributed by atoms with Gasteiger partial charge in [0.05, 0.1) is 5.02 Å². The molecule has 0 saturated heterocycles. The summed E-state index contributed by atoms with van der Waals surface area (Å²) >= 11 is 10.6. The summed E-state index contributed by atoms with van der Waals surface area (Å²) in [6.45, 7) is 0. The first kappa shape index (κ1) is 13.6. The van der Waals surface area contributed by atoms with E-state index in [9.17, 15) is 4.79 Å². The molecular weight excluding hydrogens is 334 g/mol. The Morgan fingerprint density at radius 2 is 2.00 bits per heavy atom. The molecule has 2 rings (SSSR count). The van der Waals surface area contributed by atoms with E-state index >= 15 is 0 Å². The lowest BCUT2D eigenvalue weighted by Crippen LogP contribution is -2.10. The fourth-order valence-corrected chi connectivity index (χ4v) is 3.00. The molecule has 5 heteroatoms. The Hall–Kier alpha value is -0.840. The minimum Gasteiger partial charge on any atom is -0.321 e. The zero-order valence-electron chi connectivity index (χ0n) is 9.45. The Morgan fingerprint density at radius 1 is 1.28 bits per heavy atom. The van der Waals surface area contributed by atoms with Crippen molar-refractivity contribution in [2.45, 2.75) is 6.42 Å². The fourth-order valence-electron chi connectivity index (χ4n) is 1.51. The van der Waals surface area contributed by atoms with Crippen LogP contribution in [0.3, 0.4) is 0 Å². The van der Waals surface area contributed by atoms with Crippen LogP contribution in [0.15, 0.2) is 35.7 Å². The maximum absolute atomic E-state index is 11.9. The van der Waals surface area contributed by atoms with Gasteiger partial charge in [0.1, 0.15) is 4.88 Å². The van der Waals surface area contributed by atoms with Crippen molar-refractivity contribution in [3.8, 4) is 0 Å². The molecule has 1 amide bonds. The van der Waals surface area contributed by atoms with E-state index in [1.54, 1.807) is 11.4 Å². The molecule has 0 aliphatic carbocycles. The molecule has 0 atom stereocenters. The molecule has 1 aromatic heterocycles. The highest BCUT2D eigenvalue weighted by Gasteiger charge is 2.11. The summed E-state index contributed by atoms with van der Waals surface area (Å²) in [6, 6.07) is 9.54. The van der Waals surface area contributed by atoms with Gasteiger partial charge in [-0.3, -0.25) is 4.79 Å². The van der Waals surface area contributed by atoms with Crippen LogP contribution in [0.5, 0.6) is 0 Å². The number of hydrogen-bond acceptors (Lipinski definition) is 2. The van der Waals surface area contributed by atoms with Gasteiger partial charge in [0.15, 0.2) is 0 Å². The van der Waals surface area contributed by atoms with Gasteiger partial charge in [0.2, 0.25) is 0 Å². The SMILES string of the molecule is O=C(Nc1ccc(CCBr)cc1)c1sccc1Cl. The van der Waals surface area contributed by atoms with Crippen LogP contribution in [-0.2, 0) is 6.42 Å². The van der Waals surface area contributed by atoms with E-state index in [1.165, 1.54) is 16.9 Å². The van der Waals surface area contributed by atoms with Crippen LogP contribution in [0, 0.1) is 0 Å². The number of amides is 1. The summed E-state index contributed by atoms with van der Waals surface area (Å²) in [5, 5.41) is 6.06. The Bertz CT molecular complexity index is 538. The minimum absolute atomic E-state index is 0.164. The monoisotopic (exact) mass is 343 g/mol. The number of aryl methyl sites for hydroxylation is 1. The van der Waals surface area contributed by atoms with Crippen molar-refractivity contribution in [2.75, 3.05) is 10.6 Å². The van der Waals surface area contributed by atoms with Gasteiger partial charge in [-0.25, -0.2) is 0 Å². The Balaban J connectivity index is 2.05. The molecule has 0 unspecified atom stereocenters. The van der Waals surface area contributed by atoms with Gasteiger partial charge in [0, 0.05) is 11.0 Å². The summed E-state index contributed by atoms with van der Waals surface area (Å²) in [5.41, 5.74) is 2.02. The predicted molar refractivity (Wildman–Crippen MR) is 81.2 cm³/mol. The lowest BCUT2D eigenvalue weighted by atomic mass is 10.1. The maximum atomic E-state index is 11.9. The van der Waals surface area contributed by atoms with Crippen LogP contribution < -0.4 is 5.32 Å². The van der Waals surface area contributed by atoms with Crippen molar-refractivity contribution in [3.05, 3.63) is 51.2 Å². The molecule has 0 aliphatic rings. The average Bonchev–Trinajstić information content (AvgIpc) is 2.78. The molecule has 1 heterocycles. The number of carbonyl (C=O) groups excluding carboxylic acids is 1. The molecule has 0 spiro atoms. The molecule has 0 radical (unpaired) electrons. The van der Waals surface area contributed by atoms with Gasteiger partial charge in [-0.1, -0.05) is 39.7 Å². The number of benzene rings is 1. The number of carbonyl (C=O) groups is 1. The zero-order valence-corrected chi connectivity index (χ0v) is 12.6. The van der Waals surface area contributed by atoms with Crippen LogP contribution >= 0.6 is 38.9 Å². The van der Waals surface area contributed by atoms with Crippen LogP contribution in [0.4, 0.5) is 5.69 Å². The van der Waals surface area contributed by atoms with E-state index in [-0.39, 0.29) is 5.91 Å². The summed E-state index contributed by atoms with van der Waals surface area (Å²) < 4.78 is 0. The molecule has 2 aromatic rings. The molecule has 0 bridgehead atoms. The molecule has 0 saturated carbocycles. The van der Waals surface area contributed by atoms with E-state index in [2.05, 4.69) is 21.2 Å². The highest BCUT2D eigenvalue weighted by molar-refractivity contribution is 9.09. The second-order valence-electron chi connectivity index (χ2n) is 3.69. The van der Waals surface area contributed by atoms with Gasteiger partial charge < -0.3 is 5.32 Å². The van der Waals surface area contributed by atoms with Crippen LogP contribution in [0.2, 0.25) is 5.02 Å². The molecule has 94 valence electrons. The third kappa shape index (κ3) is 3.34. The normalized spacial score (nSPS) is 10.3. The minimum atomic E-state index is -0.164. The number of thiophene rings is 1. The molecule has 1 N–H and O–H groups in total. The Labute approximate surface area is 123 Å². The van der Waals surface area contributed by atoms with E-state index in [0.717, 1.165) is 17.4 Å². The third-order valence-electron chi connectivity index (χ3n) is 2.42. The third-order valence-corrected chi connectivity index (χ3v) is 4.16. The number of halogens is 2. The van der Waals surface area contributed by atoms with Gasteiger partial charge in [-0.2, -0.15) is 0 Å². The highest BCUT2D eigenvalue weighted by atomic mass is 79.9. The van der Waals surface area contributed by atoms with Crippen LogP contribution in [-0.4, -0.2) is 11.2 Å². The average molecular weight is 345 g/mol. The van der Waals surface area contributed by atoms with E-state index in [1.807, 2.05) is 24.3 Å². The Morgan fingerprint density at radius 3 is 2.56 bits per heavy atom. The topological polar surface area (TPSA) is 29.1 Å². The number of rotatable bonds is 4. The number of hydrogen-bond donors (Lipinski definition) is 1. The largest absolute Gasteiger partial charge is 0.321 e. The van der Waals surface area contributed by atoms with Crippen molar-refractivity contribution in [1.82, 2.24) is 0 Å². The summed E-state index contributed by atoms with van der Waals surface area (Å²) in [7, 11) is 0. The summed E-state index contributed by atoms with van der Waals surface area (Å²) in [4.78, 5) is 12.5. The molecule has 2 nitrogen and oxygen atoms in total. The standard InChI is InChI=1S/C13H11BrClNOS/c14-7-5-9-1-3-10(4-2-9)16-13(17)12-11(15)6-8-18-12/h1-4,6,8H,5,7H2,(H,16,17). The summed E-state index contributed by atoms with van der Waals surface area (Å²) in [5.74, 6) is -0.164. The smallest absolute Gasteiger partial charge is 0.267 e. The second kappa shape index (κ2) is 6.36. The zero-order chi connectivity index (χ0) is 13.0. The van der Waals surface area contributed by atoms with Crippen molar-refractivity contribution >= 4 is 50.5 Å². The second-order valence-corrected chi connectivity index (χ2v) is 5.80. The van der Waals surface area contributed by atoms with Gasteiger partial charge in [-0.15, -0.1) is 11.3 Å². The first-order valence-corrected chi connectivity index (χ1v) is 7.78. The molecular formula is C13H11BrClNOS. The van der Waals surface area contributed by atoms with E-state index < -0.39 is 0 Å². The quantitative estimate of drug-likeness (QED) is 0.807.